The first-order chi connectivity index (χ1) is 10.2. The van der Waals surface area contributed by atoms with Gasteiger partial charge in [-0.1, -0.05) is 0 Å². The molecule has 0 atom stereocenters. The minimum absolute atomic E-state index is 0.644. The van der Waals surface area contributed by atoms with Gasteiger partial charge in [0, 0.05) is 42.5 Å². The first kappa shape index (κ1) is 13.7. The number of aromatic nitrogens is 5. The molecule has 0 unspecified atom stereocenters. The fourth-order valence-corrected chi connectivity index (χ4v) is 2.70. The largest absolute Gasteiger partial charge is 0.370 e. The van der Waals surface area contributed by atoms with Gasteiger partial charge in [-0.3, -0.25) is 4.68 Å². The summed E-state index contributed by atoms with van der Waals surface area (Å²) < 4.78 is 1.76. The van der Waals surface area contributed by atoms with Gasteiger partial charge in [0.25, 0.3) is 0 Å². The zero-order valence-corrected chi connectivity index (χ0v) is 13.0. The highest BCUT2D eigenvalue weighted by Crippen LogP contribution is 2.26. The van der Waals surface area contributed by atoms with E-state index in [1.165, 1.54) is 0 Å². The lowest BCUT2D eigenvalue weighted by atomic mass is 10.2. The van der Waals surface area contributed by atoms with Gasteiger partial charge in [-0.25, -0.2) is 15.0 Å². The molecule has 0 aliphatic rings. The molecule has 108 valence electrons. The molecule has 3 rings (SSSR count). The maximum atomic E-state index is 4.63. The van der Waals surface area contributed by atoms with Crippen molar-refractivity contribution in [1.82, 2.24) is 24.7 Å². The van der Waals surface area contributed by atoms with E-state index in [2.05, 4.69) is 25.4 Å². The molecule has 3 aromatic rings. The molecule has 0 saturated carbocycles. The molecule has 3 heterocycles. The van der Waals surface area contributed by atoms with Crippen LogP contribution in [0.2, 0.25) is 0 Å². The second-order valence-corrected chi connectivity index (χ2v) is 5.55. The molecule has 0 spiro atoms. The van der Waals surface area contributed by atoms with Crippen LogP contribution in [-0.4, -0.2) is 31.3 Å². The molecule has 0 aromatic carbocycles. The third-order valence-corrected chi connectivity index (χ3v) is 3.85. The van der Waals surface area contributed by atoms with E-state index >= 15 is 0 Å². The molecule has 21 heavy (non-hydrogen) atoms. The van der Waals surface area contributed by atoms with E-state index in [9.17, 15) is 0 Å². The van der Waals surface area contributed by atoms with Crippen molar-refractivity contribution in [3.63, 3.8) is 0 Å². The molecule has 0 amide bonds. The Morgan fingerprint density at radius 2 is 2.14 bits per heavy atom. The smallest absolute Gasteiger partial charge is 0.191 e. The van der Waals surface area contributed by atoms with Crippen LogP contribution in [0.5, 0.6) is 0 Å². The molecule has 6 nitrogen and oxygen atoms in total. The molecule has 0 aliphatic heterocycles. The number of anilines is 1. The number of nitrogens with one attached hydrogen (secondary N) is 1. The normalized spacial score (nSPS) is 10.8. The van der Waals surface area contributed by atoms with E-state index in [0.717, 1.165) is 34.3 Å². The summed E-state index contributed by atoms with van der Waals surface area (Å²) in [6, 6.07) is 1.93. The van der Waals surface area contributed by atoms with Crippen LogP contribution in [0, 0.1) is 6.92 Å². The van der Waals surface area contributed by atoms with E-state index in [1.807, 2.05) is 38.5 Å². The van der Waals surface area contributed by atoms with Crippen molar-refractivity contribution in [2.45, 2.75) is 13.8 Å². The zero-order chi connectivity index (χ0) is 14.8. The number of hydrogen-bond donors (Lipinski definition) is 1. The Bertz CT molecular complexity index is 702. The highest BCUT2D eigenvalue weighted by molar-refractivity contribution is 7.13. The Kier molecular flexibility index (Phi) is 3.66. The summed E-state index contributed by atoms with van der Waals surface area (Å²) in [5.41, 5.74) is 2.79. The Hall–Kier alpha value is -2.28. The molecule has 3 aromatic heterocycles. The Morgan fingerprint density at radius 3 is 2.76 bits per heavy atom. The standard InChI is InChI=1S/C14H16N6S/c1-4-15-12-5-11(10-6-16-20(3)7-10)18-13(19-12)14-17-9(2)8-21-14/h5-8H,4H2,1-3H3,(H,15,18,19). The van der Waals surface area contributed by atoms with Crippen molar-refractivity contribution < 1.29 is 0 Å². The van der Waals surface area contributed by atoms with E-state index in [4.69, 9.17) is 0 Å². The maximum Gasteiger partial charge on any atom is 0.191 e. The van der Waals surface area contributed by atoms with Gasteiger partial charge in [0.1, 0.15) is 5.82 Å². The molecule has 0 bridgehead atoms. The number of aryl methyl sites for hydroxylation is 2. The molecule has 0 fully saturated rings. The summed E-state index contributed by atoms with van der Waals surface area (Å²) in [5.74, 6) is 1.44. The Labute approximate surface area is 126 Å². The SMILES string of the molecule is CCNc1cc(-c2cnn(C)c2)nc(-c2nc(C)cs2)n1. The van der Waals surface area contributed by atoms with E-state index in [0.29, 0.717) is 5.82 Å². The third-order valence-electron chi connectivity index (χ3n) is 2.89. The van der Waals surface area contributed by atoms with Crippen LogP contribution in [0.4, 0.5) is 5.82 Å². The molecule has 0 radical (unpaired) electrons. The average molecular weight is 300 g/mol. The molecule has 0 aliphatic carbocycles. The molecule has 7 heteroatoms. The minimum atomic E-state index is 0.644. The van der Waals surface area contributed by atoms with Crippen molar-refractivity contribution in [2.75, 3.05) is 11.9 Å². The van der Waals surface area contributed by atoms with Gasteiger partial charge in [0.05, 0.1) is 11.9 Å². The summed E-state index contributed by atoms with van der Waals surface area (Å²) in [4.78, 5) is 13.6. The van der Waals surface area contributed by atoms with Crippen LogP contribution >= 0.6 is 11.3 Å². The van der Waals surface area contributed by atoms with Gasteiger partial charge in [-0.15, -0.1) is 11.3 Å². The van der Waals surface area contributed by atoms with Crippen LogP contribution in [0.3, 0.4) is 0 Å². The highest BCUT2D eigenvalue weighted by atomic mass is 32.1. The first-order valence-electron chi connectivity index (χ1n) is 6.70. The van der Waals surface area contributed by atoms with Gasteiger partial charge in [-0.2, -0.15) is 5.10 Å². The molecule has 1 N–H and O–H groups in total. The monoisotopic (exact) mass is 300 g/mol. The first-order valence-corrected chi connectivity index (χ1v) is 7.58. The summed E-state index contributed by atoms with van der Waals surface area (Å²) in [6.45, 7) is 4.81. The van der Waals surface area contributed by atoms with Crippen LogP contribution in [0.15, 0.2) is 23.8 Å². The van der Waals surface area contributed by atoms with Crippen molar-refractivity contribution in [3.8, 4) is 22.1 Å². The summed E-state index contributed by atoms with van der Waals surface area (Å²) in [7, 11) is 1.89. The molecular formula is C14H16N6S. The third kappa shape index (κ3) is 2.92. The van der Waals surface area contributed by atoms with Crippen LogP contribution < -0.4 is 5.32 Å². The lowest BCUT2D eigenvalue weighted by Gasteiger charge is -2.06. The van der Waals surface area contributed by atoms with Gasteiger partial charge in [0.15, 0.2) is 10.8 Å². The van der Waals surface area contributed by atoms with Crippen molar-refractivity contribution in [1.29, 1.82) is 0 Å². The second kappa shape index (κ2) is 5.61. The van der Waals surface area contributed by atoms with Gasteiger partial charge in [0.2, 0.25) is 0 Å². The predicted octanol–water partition coefficient (Wildman–Crippen LogP) is 2.74. The number of thiazole rings is 1. The number of nitrogens with zero attached hydrogens (tertiary/aromatic N) is 5. The summed E-state index contributed by atoms with van der Waals surface area (Å²) in [6.07, 6.45) is 3.74. The fourth-order valence-electron chi connectivity index (χ4n) is 1.97. The van der Waals surface area contributed by atoms with Crippen molar-refractivity contribution in [2.24, 2.45) is 7.05 Å². The van der Waals surface area contributed by atoms with Crippen molar-refractivity contribution >= 4 is 17.2 Å². The highest BCUT2D eigenvalue weighted by Gasteiger charge is 2.12. The van der Waals surface area contributed by atoms with Gasteiger partial charge < -0.3 is 5.32 Å². The zero-order valence-electron chi connectivity index (χ0n) is 12.2. The number of hydrogen-bond acceptors (Lipinski definition) is 6. The predicted molar refractivity (Wildman–Crippen MR) is 84.2 cm³/mol. The topological polar surface area (TPSA) is 68.5 Å². The maximum absolute atomic E-state index is 4.63. The van der Waals surface area contributed by atoms with Crippen LogP contribution in [-0.2, 0) is 7.05 Å². The fraction of sp³-hybridized carbons (Fsp3) is 0.286. The van der Waals surface area contributed by atoms with E-state index < -0.39 is 0 Å². The van der Waals surface area contributed by atoms with E-state index in [1.54, 1.807) is 22.2 Å². The summed E-state index contributed by atoms with van der Waals surface area (Å²) >= 11 is 1.55. The Morgan fingerprint density at radius 1 is 1.29 bits per heavy atom. The van der Waals surface area contributed by atoms with Gasteiger partial charge >= 0.3 is 0 Å². The average Bonchev–Trinajstić information content (AvgIpc) is 3.08. The summed E-state index contributed by atoms with van der Waals surface area (Å²) in [5, 5.41) is 10.3. The second-order valence-electron chi connectivity index (χ2n) is 4.69. The lowest BCUT2D eigenvalue weighted by molar-refractivity contribution is 0.768. The number of rotatable bonds is 4. The lowest BCUT2D eigenvalue weighted by Crippen LogP contribution is -2.02. The van der Waals surface area contributed by atoms with Crippen molar-refractivity contribution in [3.05, 3.63) is 29.5 Å². The van der Waals surface area contributed by atoms with Crippen LogP contribution in [0.1, 0.15) is 12.6 Å². The van der Waals surface area contributed by atoms with Gasteiger partial charge in [-0.05, 0) is 13.8 Å². The van der Waals surface area contributed by atoms with Crippen LogP contribution in [0.25, 0.3) is 22.1 Å². The minimum Gasteiger partial charge on any atom is -0.370 e. The van der Waals surface area contributed by atoms with E-state index in [-0.39, 0.29) is 0 Å². The quantitative estimate of drug-likeness (QED) is 0.802. The molecule has 0 saturated heterocycles. The molecular weight excluding hydrogens is 284 g/mol. The Balaban J connectivity index is 2.09.